The van der Waals surface area contributed by atoms with Gasteiger partial charge in [-0.25, -0.2) is 13.8 Å². The Hall–Kier alpha value is -3.37. The number of anilines is 1. The first kappa shape index (κ1) is 25.3. The molecule has 0 spiro atoms. The molecule has 0 aliphatic carbocycles. The lowest BCUT2D eigenvalue weighted by molar-refractivity contribution is -0.119. The highest BCUT2D eigenvalue weighted by molar-refractivity contribution is 9.10. The van der Waals surface area contributed by atoms with Crippen molar-refractivity contribution in [1.29, 1.82) is 0 Å². The summed E-state index contributed by atoms with van der Waals surface area (Å²) in [5, 5.41) is 3.97. The summed E-state index contributed by atoms with van der Waals surface area (Å²) in [5.41, 5.74) is 4.16. The van der Waals surface area contributed by atoms with Gasteiger partial charge in [-0.05, 0) is 49.4 Å². The molecule has 0 aliphatic heterocycles. The molecule has 0 saturated heterocycles. The Balaban J connectivity index is 1.89. The summed E-state index contributed by atoms with van der Waals surface area (Å²) in [6.07, 6.45) is 1.42. The maximum Gasteiger partial charge on any atom is 0.264 e. The Kier molecular flexibility index (Phi) is 8.30. The molecule has 0 bridgehead atoms. The van der Waals surface area contributed by atoms with E-state index < -0.39 is 22.5 Å². The zero-order chi connectivity index (χ0) is 24.7. The molecule has 34 heavy (non-hydrogen) atoms. The number of aryl methyl sites for hydroxylation is 1. The van der Waals surface area contributed by atoms with Crippen molar-refractivity contribution in [3.8, 4) is 11.5 Å². The minimum Gasteiger partial charge on any atom is -0.496 e. The summed E-state index contributed by atoms with van der Waals surface area (Å²) in [5.74, 6) is 0.249. The van der Waals surface area contributed by atoms with Crippen molar-refractivity contribution in [3.05, 3.63) is 82.3 Å². The van der Waals surface area contributed by atoms with E-state index in [9.17, 15) is 13.2 Å². The van der Waals surface area contributed by atoms with Crippen molar-refractivity contribution in [2.24, 2.45) is 5.10 Å². The van der Waals surface area contributed by atoms with Crippen LogP contribution in [0, 0.1) is 6.92 Å². The van der Waals surface area contributed by atoms with E-state index in [-0.39, 0.29) is 10.6 Å². The molecule has 3 rings (SSSR count). The highest BCUT2D eigenvalue weighted by Crippen LogP contribution is 2.32. The van der Waals surface area contributed by atoms with Gasteiger partial charge in [0.25, 0.3) is 15.9 Å². The molecular formula is C24H24BrN3O5S. The number of ether oxygens (including phenoxy) is 2. The van der Waals surface area contributed by atoms with Crippen LogP contribution < -0.4 is 19.2 Å². The van der Waals surface area contributed by atoms with E-state index in [2.05, 4.69) is 26.5 Å². The van der Waals surface area contributed by atoms with Crippen molar-refractivity contribution < 1.29 is 22.7 Å². The first-order chi connectivity index (χ1) is 16.3. The van der Waals surface area contributed by atoms with Crippen LogP contribution in [0.2, 0.25) is 0 Å². The van der Waals surface area contributed by atoms with Crippen molar-refractivity contribution >= 4 is 43.8 Å². The lowest BCUT2D eigenvalue weighted by Gasteiger charge is -2.25. The third kappa shape index (κ3) is 5.95. The Bertz CT molecular complexity index is 1290. The summed E-state index contributed by atoms with van der Waals surface area (Å²) in [6.45, 7) is 1.35. The van der Waals surface area contributed by atoms with Gasteiger partial charge < -0.3 is 9.47 Å². The van der Waals surface area contributed by atoms with Crippen molar-refractivity contribution in [2.45, 2.75) is 11.8 Å². The summed E-state index contributed by atoms with van der Waals surface area (Å²) in [7, 11) is -1.11. The van der Waals surface area contributed by atoms with Crippen LogP contribution in [0.25, 0.3) is 0 Å². The first-order valence-electron chi connectivity index (χ1n) is 10.1. The Morgan fingerprint density at radius 3 is 2.38 bits per heavy atom. The molecule has 3 aromatic rings. The molecule has 0 radical (unpaired) electrons. The van der Waals surface area contributed by atoms with Gasteiger partial charge >= 0.3 is 0 Å². The van der Waals surface area contributed by atoms with Crippen LogP contribution in [0.1, 0.15) is 11.1 Å². The lowest BCUT2D eigenvalue weighted by atomic mass is 10.2. The first-order valence-corrected chi connectivity index (χ1v) is 12.4. The zero-order valence-corrected chi connectivity index (χ0v) is 21.3. The highest BCUT2D eigenvalue weighted by atomic mass is 79.9. The van der Waals surface area contributed by atoms with Crippen LogP contribution in [0.5, 0.6) is 11.5 Å². The van der Waals surface area contributed by atoms with Crippen LogP contribution in [0.15, 0.2) is 81.2 Å². The molecule has 0 fully saturated rings. The van der Waals surface area contributed by atoms with Gasteiger partial charge in [-0.3, -0.25) is 9.10 Å². The van der Waals surface area contributed by atoms with Gasteiger partial charge in [0, 0.05) is 10.0 Å². The number of rotatable bonds is 9. The van der Waals surface area contributed by atoms with Gasteiger partial charge in [-0.15, -0.1) is 0 Å². The van der Waals surface area contributed by atoms with Crippen LogP contribution >= 0.6 is 15.9 Å². The SMILES string of the molecule is COc1ccc(Br)cc1/C=N\NC(=O)CN(c1ccccc1OC)S(=O)(=O)c1ccc(C)cc1. The second-order valence-corrected chi connectivity index (χ2v) is 9.95. The number of hydrogen-bond donors (Lipinski definition) is 1. The number of sulfonamides is 1. The second kappa shape index (κ2) is 11.2. The van der Waals surface area contributed by atoms with Crippen molar-refractivity contribution in [1.82, 2.24) is 5.43 Å². The van der Waals surface area contributed by atoms with Crippen molar-refractivity contribution in [2.75, 3.05) is 25.1 Å². The van der Waals surface area contributed by atoms with Crippen LogP contribution in [0.4, 0.5) is 5.69 Å². The van der Waals surface area contributed by atoms with Gasteiger partial charge in [0.2, 0.25) is 0 Å². The number of halogens is 1. The summed E-state index contributed by atoms with van der Waals surface area (Å²) in [4.78, 5) is 12.8. The lowest BCUT2D eigenvalue weighted by Crippen LogP contribution is -2.39. The minimum atomic E-state index is -4.08. The van der Waals surface area contributed by atoms with E-state index >= 15 is 0 Å². The molecule has 1 amide bonds. The molecule has 10 heteroatoms. The average Bonchev–Trinajstić information content (AvgIpc) is 2.83. The number of carbonyl (C=O) groups is 1. The third-order valence-electron chi connectivity index (χ3n) is 4.83. The summed E-state index contributed by atoms with van der Waals surface area (Å²) < 4.78 is 39.4. The highest BCUT2D eigenvalue weighted by Gasteiger charge is 2.29. The molecule has 0 saturated carbocycles. The van der Waals surface area contributed by atoms with Gasteiger partial charge in [0.15, 0.2) is 0 Å². The molecule has 0 atom stereocenters. The number of para-hydroxylation sites is 2. The minimum absolute atomic E-state index is 0.0548. The molecular weight excluding hydrogens is 522 g/mol. The second-order valence-electron chi connectivity index (χ2n) is 7.18. The van der Waals surface area contributed by atoms with E-state index in [0.29, 0.717) is 17.1 Å². The Morgan fingerprint density at radius 2 is 1.71 bits per heavy atom. The quantitative estimate of drug-likeness (QED) is 0.322. The maximum absolute atomic E-state index is 13.5. The fourth-order valence-corrected chi connectivity index (χ4v) is 4.93. The topological polar surface area (TPSA) is 97.3 Å². The van der Waals surface area contributed by atoms with E-state index in [1.54, 1.807) is 48.5 Å². The Labute approximate surface area is 207 Å². The number of benzene rings is 3. The van der Waals surface area contributed by atoms with E-state index in [1.165, 1.54) is 32.6 Å². The summed E-state index contributed by atoms with van der Waals surface area (Å²) in [6, 6.07) is 18.3. The number of nitrogens with zero attached hydrogens (tertiary/aromatic N) is 2. The molecule has 1 N–H and O–H groups in total. The molecule has 3 aromatic carbocycles. The standard InChI is InChI=1S/C24H24BrN3O5S/c1-17-8-11-20(12-9-17)34(30,31)28(21-6-4-5-7-23(21)33-3)16-24(29)27-26-15-18-14-19(25)10-13-22(18)32-2/h4-15H,16H2,1-3H3,(H,27,29)/b26-15-. The number of methoxy groups -OCH3 is 2. The number of carbonyl (C=O) groups excluding carboxylic acids is 1. The molecule has 0 aromatic heterocycles. The van der Waals surface area contributed by atoms with Gasteiger partial charge in [-0.2, -0.15) is 5.10 Å². The van der Waals surface area contributed by atoms with Crippen LogP contribution in [0.3, 0.4) is 0 Å². The van der Waals surface area contributed by atoms with Gasteiger partial charge in [-0.1, -0.05) is 45.8 Å². The van der Waals surface area contributed by atoms with Crippen LogP contribution in [-0.4, -0.2) is 41.3 Å². The molecule has 0 aliphatic rings. The van der Waals surface area contributed by atoms with Crippen molar-refractivity contribution in [3.63, 3.8) is 0 Å². The predicted molar refractivity (Wildman–Crippen MR) is 135 cm³/mol. The normalized spacial score (nSPS) is 11.3. The fraction of sp³-hybridized carbons (Fsp3) is 0.167. The van der Waals surface area contributed by atoms with E-state index in [4.69, 9.17) is 9.47 Å². The molecule has 0 heterocycles. The summed E-state index contributed by atoms with van der Waals surface area (Å²) >= 11 is 3.38. The smallest absolute Gasteiger partial charge is 0.264 e. The fourth-order valence-electron chi connectivity index (χ4n) is 3.12. The molecule has 8 nitrogen and oxygen atoms in total. The van der Waals surface area contributed by atoms with Crippen LogP contribution in [-0.2, 0) is 14.8 Å². The third-order valence-corrected chi connectivity index (χ3v) is 7.10. The zero-order valence-electron chi connectivity index (χ0n) is 18.9. The number of amides is 1. The Morgan fingerprint density at radius 1 is 1.03 bits per heavy atom. The predicted octanol–water partition coefficient (Wildman–Crippen LogP) is 4.12. The number of hydrogen-bond acceptors (Lipinski definition) is 6. The van der Waals surface area contributed by atoms with E-state index in [0.717, 1.165) is 14.3 Å². The van der Waals surface area contributed by atoms with Gasteiger partial charge in [0.05, 0.1) is 31.0 Å². The van der Waals surface area contributed by atoms with E-state index in [1.807, 2.05) is 13.0 Å². The maximum atomic E-state index is 13.5. The largest absolute Gasteiger partial charge is 0.496 e. The number of nitrogens with one attached hydrogen (secondary N) is 1. The number of hydrazone groups is 1. The molecule has 178 valence electrons. The van der Waals surface area contributed by atoms with Gasteiger partial charge in [0.1, 0.15) is 18.0 Å². The monoisotopic (exact) mass is 545 g/mol. The average molecular weight is 546 g/mol. The molecule has 0 unspecified atom stereocenters.